The first-order chi connectivity index (χ1) is 10.9. The van der Waals surface area contributed by atoms with Crippen LogP contribution in [0.3, 0.4) is 0 Å². The maximum atomic E-state index is 12.2. The Morgan fingerprint density at radius 2 is 1.83 bits per heavy atom. The third kappa shape index (κ3) is 5.15. The van der Waals surface area contributed by atoms with Crippen molar-refractivity contribution in [3.63, 3.8) is 0 Å². The molecule has 0 fully saturated rings. The van der Waals surface area contributed by atoms with Crippen LogP contribution in [0.2, 0.25) is 0 Å². The monoisotopic (exact) mass is 334 g/mol. The molecule has 6 nitrogen and oxygen atoms in total. The molecule has 1 aromatic rings. The lowest BCUT2D eigenvalue weighted by molar-refractivity contribution is -0.138. The molecule has 0 radical (unpaired) electrons. The Balaban J connectivity index is 3.25. The van der Waals surface area contributed by atoms with Crippen molar-refractivity contribution >= 4 is 17.7 Å². The largest absolute Gasteiger partial charge is 0.425 e. The van der Waals surface area contributed by atoms with Crippen molar-refractivity contribution in [3.05, 3.63) is 23.0 Å². The van der Waals surface area contributed by atoms with Crippen LogP contribution in [0.5, 0.6) is 5.75 Å². The number of amides is 1. The van der Waals surface area contributed by atoms with Gasteiger partial charge in [0.1, 0.15) is 17.6 Å². The molecule has 1 rings (SSSR count). The van der Waals surface area contributed by atoms with Gasteiger partial charge in [-0.25, -0.2) is 4.79 Å². The van der Waals surface area contributed by atoms with Crippen molar-refractivity contribution in [2.75, 3.05) is 0 Å². The van der Waals surface area contributed by atoms with Crippen molar-refractivity contribution in [1.82, 2.24) is 10.3 Å². The van der Waals surface area contributed by atoms with Gasteiger partial charge >= 0.3 is 5.97 Å². The minimum absolute atomic E-state index is 0.0452. The van der Waals surface area contributed by atoms with Crippen LogP contribution in [0.25, 0.3) is 0 Å². The summed E-state index contributed by atoms with van der Waals surface area (Å²) >= 11 is 0. The standard InChI is InChI=1S/C18H26N2O4/c1-10-8-15(24-17(23)13(4)20-14(5)22)16(12(3)19-10)18(6,7)9-11(2)21/h8,13H,9H2,1-7H3,(H,20,22). The fourth-order valence-electron chi connectivity index (χ4n) is 2.97. The Morgan fingerprint density at radius 3 is 2.33 bits per heavy atom. The number of esters is 1. The van der Waals surface area contributed by atoms with Gasteiger partial charge in [0.15, 0.2) is 0 Å². The Labute approximate surface area is 143 Å². The van der Waals surface area contributed by atoms with E-state index >= 15 is 0 Å². The zero-order valence-corrected chi connectivity index (χ0v) is 15.4. The quantitative estimate of drug-likeness (QED) is 0.807. The molecule has 6 heteroatoms. The normalized spacial score (nSPS) is 12.5. The van der Waals surface area contributed by atoms with Crippen molar-refractivity contribution in [1.29, 1.82) is 0 Å². The summed E-state index contributed by atoms with van der Waals surface area (Å²) in [4.78, 5) is 39.4. The number of carbonyl (C=O) groups excluding carboxylic acids is 3. The van der Waals surface area contributed by atoms with Crippen LogP contribution in [0.1, 0.15) is 58.0 Å². The highest BCUT2D eigenvalue weighted by Crippen LogP contribution is 2.37. The Morgan fingerprint density at radius 1 is 1.25 bits per heavy atom. The molecule has 1 unspecified atom stereocenters. The molecular formula is C18H26N2O4. The van der Waals surface area contributed by atoms with Gasteiger partial charge in [0.25, 0.3) is 0 Å². The summed E-state index contributed by atoms with van der Waals surface area (Å²) in [7, 11) is 0. The van der Waals surface area contributed by atoms with E-state index in [0.29, 0.717) is 17.9 Å². The number of aryl methyl sites for hydroxylation is 2. The van der Waals surface area contributed by atoms with Crippen LogP contribution >= 0.6 is 0 Å². The molecule has 0 aliphatic carbocycles. The molecule has 0 spiro atoms. The number of rotatable bonds is 6. The van der Waals surface area contributed by atoms with Gasteiger partial charge in [-0.05, 0) is 27.7 Å². The molecule has 0 saturated heterocycles. The van der Waals surface area contributed by atoms with E-state index in [1.54, 1.807) is 13.0 Å². The molecule has 1 aromatic heterocycles. The van der Waals surface area contributed by atoms with Gasteiger partial charge < -0.3 is 10.1 Å². The van der Waals surface area contributed by atoms with Crippen LogP contribution in [-0.2, 0) is 19.8 Å². The number of nitrogens with one attached hydrogen (secondary N) is 1. The first kappa shape index (κ1) is 19.8. The molecule has 132 valence electrons. The topological polar surface area (TPSA) is 85.4 Å². The molecule has 24 heavy (non-hydrogen) atoms. The van der Waals surface area contributed by atoms with Gasteiger partial charge in [0.2, 0.25) is 5.91 Å². The smallest absolute Gasteiger partial charge is 0.333 e. The average molecular weight is 334 g/mol. The second-order valence-corrected chi connectivity index (χ2v) is 6.83. The number of hydrogen-bond acceptors (Lipinski definition) is 5. The van der Waals surface area contributed by atoms with Crippen molar-refractivity contribution in [2.24, 2.45) is 0 Å². The number of nitrogens with zero attached hydrogens (tertiary/aromatic N) is 1. The number of ketones is 1. The lowest BCUT2D eigenvalue weighted by Gasteiger charge is -2.28. The minimum atomic E-state index is -0.764. The zero-order valence-electron chi connectivity index (χ0n) is 15.4. The van der Waals surface area contributed by atoms with Crippen LogP contribution in [0, 0.1) is 13.8 Å². The molecule has 0 aliphatic rings. The number of Topliss-reactive ketones (excluding diaryl/α,β-unsaturated/α-hetero) is 1. The lowest BCUT2D eigenvalue weighted by atomic mass is 9.79. The molecule has 1 amide bonds. The summed E-state index contributed by atoms with van der Waals surface area (Å²) < 4.78 is 5.53. The summed E-state index contributed by atoms with van der Waals surface area (Å²) in [5.41, 5.74) is 1.64. The molecular weight excluding hydrogens is 308 g/mol. The molecule has 0 aromatic carbocycles. The minimum Gasteiger partial charge on any atom is -0.425 e. The highest BCUT2D eigenvalue weighted by molar-refractivity contribution is 5.84. The van der Waals surface area contributed by atoms with E-state index < -0.39 is 17.4 Å². The van der Waals surface area contributed by atoms with Crippen molar-refractivity contribution in [3.8, 4) is 5.75 Å². The highest BCUT2D eigenvalue weighted by Gasteiger charge is 2.30. The van der Waals surface area contributed by atoms with E-state index in [1.165, 1.54) is 13.8 Å². The number of ether oxygens (including phenoxy) is 1. The van der Waals surface area contributed by atoms with E-state index in [9.17, 15) is 14.4 Å². The number of carbonyl (C=O) groups is 3. The highest BCUT2D eigenvalue weighted by atomic mass is 16.5. The Hall–Kier alpha value is -2.24. The van der Waals surface area contributed by atoms with E-state index in [1.807, 2.05) is 27.7 Å². The molecule has 1 atom stereocenters. The molecule has 0 aliphatic heterocycles. The van der Waals surface area contributed by atoms with Gasteiger partial charge in [-0.3, -0.25) is 14.6 Å². The van der Waals surface area contributed by atoms with E-state index in [0.717, 1.165) is 11.3 Å². The number of hydrogen-bond donors (Lipinski definition) is 1. The summed E-state index contributed by atoms with van der Waals surface area (Å²) in [6, 6.07) is 0.919. The van der Waals surface area contributed by atoms with Crippen molar-refractivity contribution in [2.45, 2.75) is 66.3 Å². The van der Waals surface area contributed by atoms with Gasteiger partial charge in [-0.15, -0.1) is 0 Å². The molecule has 0 saturated carbocycles. The van der Waals surface area contributed by atoms with Gasteiger partial charge in [-0.2, -0.15) is 0 Å². The van der Waals surface area contributed by atoms with Crippen LogP contribution in [0.4, 0.5) is 0 Å². The third-order valence-corrected chi connectivity index (χ3v) is 3.64. The predicted octanol–water partition coefficient (Wildman–Crippen LogP) is 2.39. The first-order valence-electron chi connectivity index (χ1n) is 7.91. The lowest BCUT2D eigenvalue weighted by Crippen LogP contribution is -2.40. The molecule has 1 heterocycles. The fourth-order valence-corrected chi connectivity index (χ4v) is 2.97. The second-order valence-electron chi connectivity index (χ2n) is 6.83. The summed E-state index contributed by atoms with van der Waals surface area (Å²) in [5.74, 6) is -0.439. The maximum Gasteiger partial charge on any atom is 0.333 e. The first-order valence-corrected chi connectivity index (χ1v) is 7.91. The van der Waals surface area contributed by atoms with Gasteiger partial charge in [-0.1, -0.05) is 13.8 Å². The van der Waals surface area contributed by atoms with Crippen molar-refractivity contribution < 1.29 is 19.1 Å². The second kappa shape index (κ2) is 7.55. The fraction of sp³-hybridized carbons (Fsp3) is 0.556. The van der Waals surface area contributed by atoms with E-state index in [2.05, 4.69) is 10.3 Å². The van der Waals surface area contributed by atoms with Crippen LogP contribution < -0.4 is 10.1 Å². The molecule has 0 bridgehead atoms. The number of aromatic nitrogens is 1. The summed E-state index contributed by atoms with van der Waals surface area (Å²) in [5, 5.41) is 2.50. The Kier molecular flexibility index (Phi) is 6.23. The summed E-state index contributed by atoms with van der Waals surface area (Å²) in [6.45, 7) is 11.9. The molecule has 1 N–H and O–H groups in total. The van der Waals surface area contributed by atoms with E-state index in [-0.39, 0.29) is 11.7 Å². The SMILES string of the molecule is CC(=O)CC(C)(C)c1c(OC(=O)C(C)NC(C)=O)cc(C)nc1C. The zero-order chi connectivity index (χ0) is 18.7. The third-order valence-electron chi connectivity index (χ3n) is 3.64. The van der Waals surface area contributed by atoms with Gasteiger partial charge in [0, 0.05) is 41.8 Å². The Bertz CT molecular complexity index is 665. The van der Waals surface area contributed by atoms with Gasteiger partial charge in [0.05, 0.1) is 0 Å². The van der Waals surface area contributed by atoms with Crippen LogP contribution in [0.15, 0.2) is 6.07 Å². The average Bonchev–Trinajstić information content (AvgIpc) is 2.34. The number of pyridine rings is 1. The predicted molar refractivity (Wildman–Crippen MR) is 90.9 cm³/mol. The summed E-state index contributed by atoms with van der Waals surface area (Å²) in [6.07, 6.45) is 0.310. The maximum absolute atomic E-state index is 12.2. The van der Waals surface area contributed by atoms with Crippen LogP contribution in [-0.4, -0.2) is 28.7 Å². The van der Waals surface area contributed by atoms with E-state index in [4.69, 9.17) is 4.74 Å².